The van der Waals surface area contributed by atoms with Gasteiger partial charge in [0.15, 0.2) is 0 Å². The van der Waals surface area contributed by atoms with E-state index in [4.69, 9.17) is 0 Å². The van der Waals surface area contributed by atoms with E-state index in [2.05, 4.69) is 21.6 Å². The molecule has 25 heavy (non-hydrogen) atoms. The van der Waals surface area contributed by atoms with E-state index in [1.807, 2.05) is 23.1 Å². The van der Waals surface area contributed by atoms with E-state index in [0.29, 0.717) is 25.2 Å². The minimum Gasteiger partial charge on any atom is -0.369 e. The molecule has 1 atom stereocenters. The summed E-state index contributed by atoms with van der Waals surface area (Å²) in [5, 5.41) is 14.5. The summed E-state index contributed by atoms with van der Waals surface area (Å²) in [5.41, 5.74) is 1.54. The van der Waals surface area contributed by atoms with E-state index < -0.39 is 0 Å². The molecule has 2 heterocycles. The molecule has 0 aromatic heterocycles. The van der Waals surface area contributed by atoms with Crippen LogP contribution in [0.1, 0.15) is 18.4 Å². The average molecular weight is 341 g/mol. The van der Waals surface area contributed by atoms with Crippen molar-refractivity contribution < 1.29 is 9.59 Å². The van der Waals surface area contributed by atoms with Crippen molar-refractivity contribution in [1.29, 1.82) is 5.26 Å². The van der Waals surface area contributed by atoms with Gasteiger partial charge in [-0.2, -0.15) is 5.26 Å². The van der Waals surface area contributed by atoms with Crippen molar-refractivity contribution in [2.75, 3.05) is 38.1 Å². The van der Waals surface area contributed by atoms with E-state index in [-0.39, 0.29) is 23.9 Å². The lowest BCUT2D eigenvalue weighted by Crippen LogP contribution is -2.56. The number of anilines is 1. The molecule has 7 heteroatoms. The van der Waals surface area contributed by atoms with Crippen LogP contribution >= 0.6 is 0 Å². The SMILES string of the molecule is CNC(=O)NCC1CCCN1C(=O)C1CN(c2ccccc2C#N)C1. The zero-order chi connectivity index (χ0) is 17.8. The Morgan fingerprint density at radius 2 is 2.08 bits per heavy atom. The molecule has 7 nitrogen and oxygen atoms in total. The van der Waals surface area contributed by atoms with Gasteiger partial charge in [-0.05, 0) is 25.0 Å². The standard InChI is InChI=1S/C18H23N5O2/c1-20-18(25)21-10-15-6-4-8-23(15)17(24)14-11-22(12-14)16-7-3-2-5-13(16)9-19/h2-3,5,7,14-15H,4,6,8,10-12H2,1H3,(H2,20,21,25). The number of nitrogens with one attached hydrogen (secondary N) is 2. The highest BCUT2D eigenvalue weighted by Gasteiger charge is 2.39. The first kappa shape index (κ1) is 17.1. The van der Waals surface area contributed by atoms with Crippen LogP contribution in [0, 0.1) is 17.2 Å². The van der Waals surface area contributed by atoms with Crippen LogP contribution in [0.3, 0.4) is 0 Å². The van der Waals surface area contributed by atoms with E-state index in [9.17, 15) is 14.9 Å². The van der Waals surface area contributed by atoms with Crippen LogP contribution in [0.2, 0.25) is 0 Å². The number of amides is 3. The second-order valence-corrected chi connectivity index (χ2v) is 6.52. The number of para-hydroxylation sites is 1. The quantitative estimate of drug-likeness (QED) is 0.852. The summed E-state index contributed by atoms with van der Waals surface area (Å²) in [6, 6.07) is 9.53. The van der Waals surface area contributed by atoms with Gasteiger partial charge in [0, 0.05) is 39.3 Å². The van der Waals surface area contributed by atoms with Crippen LogP contribution < -0.4 is 15.5 Å². The Labute approximate surface area is 147 Å². The first-order valence-corrected chi connectivity index (χ1v) is 8.64. The molecule has 132 valence electrons. The van der Waals surface area contributed by atoms with Crippen LogP contribution in [0.4, 0.5) is 10.5 Å². The Morgan fingerprint density at radius 3 is 2.80 bits per heavy atom. The Morgan fingerprint density at radius 1 is 1.32 bits per heavy atom. The van der Waals surface area contributed by atoms with Crippen molar-refractivity contribution in [2.45, 2.75) is 18.9 Å². The van der Waals surface area contributed by atoms with Gasteiger partial charge in [0.05, 0.1) is 17.2 Å². The minimum absolute atomic E-state index is 0.0349. The smallest absolute Gasteiger partial charge is 0.314 e. The second kappa shape index (κ2) is 7.43. The van der Waals surface area contributed by atoms with Gasteiger partial charge in [-0.25, -0.2) is 4.79 Å². The summed E-state index contributed by atoms with van der Waals surface area (Å²) in [4.78, 5) is 28.1. The summed E-state index contributed by atoms with van der Waals surface area (Å²) >= 11 is 0. The molecule has 0 aliphatic carbocycles. The lowest BCUT2D eigenvalue weighted by molar-refractivity contribution is -0.137. The number of likely N-dealkylation sites (tertiary alicyclic amines) is 1. The highest BCUT2D eigenvalue weighted by atomic mass is 16.2. The zero-order valence-electron chi connectivity index (χ0n) is 14.4. The normalized spacial score (nSPS) is 19.9. The molecule has 2 N–H and O–H groups in total. The summed E-state index contributed by atoms with van der Waals surface area (Å²) in [6.07, 6.45) is 1.89. The Hall–Kier alpha value is -2.75. The first-order chi connectivity index (χ1) is 12.1. The lowest BCUT2D eigenvalue weighted by Gasteiger charge is -2.42. The molecule has 2 aliphatic rings. The number of nitrogens with zero attached hydrogens (tertiary/aromatic N) is 3. The molecule has 0 saturated carbocycles. The van der Waals surface area contributed by atoms with Crippen molar-refractivity contribution in [1.82, 2.24) is 15.5 Å². The van der Waals surface area contributed by atoms with E-state index >= 15 is 0 Å². The number of urea groups is 1. The number of rotatable bonds is 4. The number of carbonyl (C=O) groups is 2. The van der Waals surface area contributed by atoms with E-state index in [0.717, 1.165) is 25.1 Å². The molecular formula is C18H23N5O2. The third-order valence-electron chi connectivity index (χ3n) is 4.98. The predicted molar refractivity (Wildman–Crippen MR) is 94.1 cm³/mol. The summed E-state index contributed by atoms with van der Waals surface area (Å²) in [6.45, 7) is 2.52. The van der Waals surface area contributed by atoms with Gasteiger partial charge in [-0.1, -0.05) is 12.1 Å². The van der Waals surface area contributed by atoms with Gasteiger partial charge >= 0.3 is 6.03 Å². The molecule has 0 spiro atoms. The van der Waals surface area contributed by atoms with Crippen LogP contribution in [0.5, 0.6) is 0 Å². The number of carbonyl (C=O) groups excluding carboxylic acids is 2. The third kappa shape index (κ3) is 3.53. The lowest BCUT2D eigenvalue weighted by atomic mass is 9.96. The van der Waals surface area contributed by atoms with Crippen molar-refractivity contribution in [3.63, 3.8) is 0 Å². The molecule has 2 saturated heterocycles. The average Bonchev–Trinajstić information content (AvgIpc) is 3.07. The van der Waals surface area contributed by atoms with Crippen LogP contribution in [-0.2, 0) is 4.79 Å². The van der Waals surface area contributed by atoms with E-state index in [1.165, 1.54) is 0 Å². The van der Waals surface area contributed by atoms with Gasteiger partial charge in [0.2, 0.25) is 5.91 Å². The second-order valence-electron chi connectivity index (χ2n) is 6.52. The molecule has 1 unspecified atom stereocenters. The zero-order valence-corrected chi connectivity index (χ0v) is 14.4. The molecule has 2 aliphatic heterocycles. The van der Waals surface area contributed by atoms with Crippen molar-refractivity contribution >= 4 is 17.6 Å². The van der Waals surface area contributed by atoms with Crippen molar-refractivity contribution in [2.24, 2.45) is 5.92 Å². The van der Waals surface area contributed by atoms with Crippen LogP contribution in [0.15, 0.2) is 24.3 Å². The Balaban J connectivity index is 1.56. The van der Waals surface area contributed by atoms with Gasteiger partial charge in [0.1, 0.15) is 6.07 Å². The maximum Gasteiger partial charge on any atom is 0.314 e. The fraction of sp³-hybridized carbons (Fsp3) is 0.500. The van der Waals surface area contributed by atoms with Crippen molar-refractivity contribution in [3.8, 4) is 6.07 Å². The molecule has 3 rings (SSSR count). The summed E-state index contributed by atoms with van der Waals surface area (Å²) < 4.78 is 0. The highest BCUT2D eigenvalue weighted by Crippen LogP contribution is 2.30. The van der Waals surface area contributed by atoms with Crippen LogP contribution in [-0.4, -0.2) is 56.1 Å². The largest absolute Gasteiger partial charge is 0.369 e. The van der Waals surface area contributed by atoms with Gasteiger partial charge < -0.3 is 20.4 Å². The number of benzene rings is 1. The molecule has 3 amide bonds. The molecule has 0 bridgehead atoms. The third-order valence-corrected chi connectivity index (χ3v) is 4.98. The number of hydrogen-bond donors (Lipinski definition) is 2. The first-order valence-electron chi connectivity index (χ1n) is 8.64. The Bertz CT molecular complexity index is 693. The molecule has 1 aromatic carbocycles. The highest BCUT2D eigenvalue weighted by molar-refractivity contribution is 5.83. The fourth-order valence-electron chi connectivity index (χ4n) is 3.55. The molecule has 1 aromatic rings. The fourth-order valence-corrected chi connectivity index (χ4v) is 3.55. The van der Waals surface area contributed by atoms with Crippen molar-refractivity contribution in [3.05, 3.63) is 29.8 Å². The van der Waals surface area contributed by atoms with E-state index in [1.54, 1.807) is 13.1 Å². The minimum atomic E-state index is -0.220. The predicted octanol–water partition coefficient (Wildman–Crippen LogP) is 0.914. The van der Waals surface area contributed by atoms with Gasteiger partial charge in [0.25, 0.3) is 0 Å². The number of nitriles is 1. The Kier molecular flexibility index (Phi) is 5.08. The summed E-state index contributed by atoms with van der Waals surface area (Å²) in [5.74, 6) is 0.124. The molecule has 0 radical (unpaired) electrons. The molecule has 2 fully saturated rings. The van der Waals surface area contributed by atoms with Gasteiger partial charge in [-0.3, -0.25) is 4.79 Å². The van der Waals surface area contributed by atoms with Crippen LogP contribution in [0.25, 0.3) is 0 Å². The summed E-state index contributed by atoms with van der Waals surface area (Å²) in [7, 11) is 1.58. The monoisotopic (exact) mass is 341 g/mol. The maximum absolute atomic E-state index is 12.8. The topological polar surface area (TPSA) is 88.5 Å². The van der Waals surface area contributed by atoms with Gasteiger partial charge in [-0.15, -0.1) is 0 Å². The molecular weight excluding hydrogens is 318 g/mol. The maximum atomic E-state index is 12.8. The number of hydrogen-bond acceptors (Lipinski definition) is 4.